The van der Waals surface area contributed by atoms with Gasteiger partial charge in [-0.15, -0.1) is 0 Å². The molecule has 0 aromatic heterocycles. The van der Waals surface area contributed by atoms with E-state index in [-0.39, 0.29) is 11.8 Å². The van der Waals surface area contributed by atoms with Gasteiger partial charge in [0.2, 0.25) is 0 Å². The summed E-state index contributed by atoms with van der Waals surface area (Å²) in [5.41, 5.74) is 11.9. The van der Waals surface area contributed by atoms with Gasteiger partial charge in [0, 0.05) is 6.04 Å². The zero-order valence-electron chi connectivity index (χ0n) is 8.16. The van der Waals surface area contributed by atoms with Gasteiger partial charge in [0.1, 0.15) is 0 Å². The van der Waals surface area contributed by atoms with Gasteiger partial charge in [0.05, 0.1) is 7.11 Å². The van der Waals surface area contributed by atoms with Crippen molar-refractivity contribution in [3.05, 3.63) is 29.6 Å². The van der Waals surface area contributed by atoms with Crippen LogP contribution in [-0.2, 0) is 0 Å². The van der Waals surface area contributed by atoms with Crippen LogP contribution in [0.1, 0.15) is 18.0 Å². The number of benzene rings is 1. The molecular weight excluding hydrogens is 183 g/mol. The lowest BCUT2D eigenvalue weighted by Crippen LogP contribution is -2.15. The Labute approximate surface area is 82.9 Å². The van der Waals surface area contributed by atoms with Gasteiger partial charge < -0.3 is 16.2 Å². The van der Waals surface area contributed by atoms with Gasteiger partial charge in [-0.05, 0) is 30.7 Å². The number of hydrogen-bond donors (Lipinski definition) is 2. The molecule has 0 aliphatic carbocycles. The molecule has 0 bridgehead atoms. The molecule has 4 heteroatoms. The van der Waals surface area contributed by atoms with E-state index in [0.717, 1.165) is 5.56 Å². The standard InChI is InChI=1S/C10H15FN2O/c1-14-10-3-2-7(6-8(10)11)9(13)4-5-12/h2-3,6,9H,4-5,12-13H2,1H3/t9-/m0/s1. The summed E-state index contributed by atoms with van der Waals surface area (Å²) in [5, 5.41) is 0. The zero-order valence-corrected chi connectivity index (χ0v) is 8.16. The van der Waals surface area contributed by atoms with Crippen molar-refractivity contribution in [3.63, 3.8) is 0 Å². The minimum atomic E-state index is -0.391. The number of methoxy groups -OCH3 is 1. The van der Waals surface area contributed by atoms with Crippen molar-refractivity contribution < 1.29 is 9.13 Å². The Hall–Kier alpha value is -1.13. The normalized spacial score (nSPS) is 12.6. The predicted octanol–water partition coefficient (Wildman–Crippen LogP) is 1.18. The summed E-state index contributed by atoms with van der Waals surface area (Å²) in [6.45, 7) is 0.495. The van der Waals surface area contributed by atoms with Crippen molar-refractivity contribution in [2.24, 2.45) is 11.5 Å². The molecule has 0 amide bonds. The Morgan fingerprint density at radius 3 is 2.71 bits per heavy atom. The second kappa shape index (κ2) is 4.93. The SMILES string of the molecule is COc1ccc([C@@H](N)CCN)cc1F. The van der Waals surface area contributed by atoms with Crippen LogP contribution in [0, 0.1) is 5.82 Å². The van der Waals surface area contributed by atoms with Gasteiger partial charge in [-0.1, -0.05) is 6.07 Å². The highest BCUT2D eigenvalue weighted by atomic mass is 19.1. The van der Waals surface area contributed by atoms with Crippen LogP contribution in [0.15, 0.2) is 18.2 Å². The predicted molar refractivity (Wildman–Crippen MR) is 53.6 cm³/mol. The fraction of sp³-hybridized carbons (Fsp3) is 0.400. The summed E-state index contributed by atoms with van der Waals surface area (Å²) in [4.78, 5) is 0. The molecule has 1 atom stereocenters. The van der Waals surface area contributed by atoms with E-state index in [1.54, 1.807) is 12.1 Å². The van der Waals surface area contributed by atoms with Crippen molar-refractivity contribution in [1.82, 2.24) is 0 Å². The lowest BCUT2D eigenvalue weighted by molar-refractivity contribution is 0.385. The van der Waals surface area contributed by atoms with E-state index >= 15 is 0 Å². The van der Waals surface area contributed by atoms with E-state index in [1.807, 2.05) is 0 Å². The van der Waals surface area contributed by atoms with Gasteiger partial charge in [-0.3, -0.25) is 0 Å². The number of hydrogen-bond acceptors (Lipinski definition) is 3. The fourth-order valence-corrected chi connectivity index (χ4v) is 1.26. The van der Waals surface area contributed by atoms with Crippen LogP contribution in [0.2, 0.25) is 0 Å². The second-order valence-electron chi connectivity index (χ2n) is 3.08. The minimum absolute atomic E-state index is 0.208. The molecule has 3 nitrogen and oxygen atoms in total. The third-order valence-corrected chi connectivity index (χ3v) is 2.08. The maximum absolute atomic E-state index is 13.2. The van der Waals surface area contributed by atoms with E-state index in [9.17, 15) is 4.39 Å². The Kier molecular flexibility index (Phi) is 3.85. The van der Waals surface area contributed by atoms with Gasteiger partial charge in [0.15, 0.2) is 11.6 Å². The van der Waals surface area contributed by atoms with Crippen LogP contribution in [0.4, 0.5) is 4.39 Å². The summed E-state index contributed by atoms with van der Waals surface area (Å²) in [6, 6.07) is 4.50. The third kappa shape index (κ3) is 2.43. The van der Waals surface area contributed by atoms with Crippen LogP contribution in [0.3, 0.4) is 0 Å². The molecule has 0 heterocycles. The summed E-state index contributed by atoms with van der Waals surface area (Å²) in [5.74, 6) is -0.161. The summed E-state index contributed by atoms with van der Waals surface area (Å²) >= 11 is 0. The van der Waals surface area contributed by atoms with Crippen LogP contribution in [0.25, 0.3) is 0 Å². The molecule has 1 aromatic carbocycles. The van der Waals surface area contributed by atoms with Gasteiger partial charge in [-0.25, -0.2) is 4.39 Å². The molecule has 1 rings (SSSR count). The van der Waals surface area contributed by atoms with E-state index < -0.39 is 5.82 Å². The molecule has 14 heavy (non-hydrogen) atoms. The summed E-state index contributed by atoms with van der Waals surface area (Å²) in [7, 11) is 1.43. The maximum Gasteiger partial charge on any atom is 0.165 e. The molecular formula is C10H15FN2O. The molecule has 4 N–H and O–H groups in total. The average molecular weight is 198 g/mol. The molecule has 78 valence electrons. The highest BCUT2D eigenvalue weighted by Gasteiger charge is 2.08. The van der Waals surface area contributed by atoms with Crippen LogP contribution < -0.4 is 16.2 Å². The van der Waals surface area contributed by atoms with E-state index in [2.05, 4.69) is 0 Å². The van der Waals surface area contributed by atoms with Crippen molar-refractivity contribution in [1.29, 1.82) is 0 Å². The first-order valence-electron chi connectivity index (χ1n) is 4.48. The van der Waals surface area contributed by atoms with Gasteiger partial charge in [0.25, 0.3) is 0 Å². The van der Waals surface area contributed by atoms with Gasteiger partial charge >= 0.3 is 0 Å². The zero-order chi connectivity index (χ0) is 10.6. The highest BCUT2D eigenvalue weighted by molar-refractivity contribution is 5.30. The molecule has 0 fully saturated rings. The molecule has 0 saturated heterocycles. The maximum atomic E-state index is 13.2. The number of halogens is 1. The number of nitrogens with two attached hydrogens (primary N) is 2. The average Bonchev–Trinajstić information content (AvgIpc) is 2.18. The Morgan fingerprint density at radius 2 is 2.21 bits per heavy atom. The largest absolute Gasteiger partial charge is 0.494 e. The quantitative estimate of drug-likeness (QED) is 0.763. The van der Waals surface area contributed by atoms with E-state index in [1.165, 1.54) is 13.2 Å². The summed E-state index contributed by atoms with van der Waals surface area (Å²) in [6.07, 6.45) is 0.645. The highest BCUT2D eigenvalue weighted by Crippen LogP contribution is 2.21. The smallest absolute Gasteiger partial charge is 0.165 e. The van der Waals surface area contributed by atoms with Crippen molar-refractivity contribution in [2.75, 3.05) is 13.7 Å². The molecule has 0 spiro atoms. The topological polar surface area (TPSA) is 61.3 Å². The number of rotatable bonds is 4. The molecule has 0 radical (unpaired) electrons. The number of ether oxygens (including phenoxy) is 1. The van der Waals surface area contributed by atoms with E-state index in [4.69, 9.17) is 16.2 Å². The molecule has 0 saturated carbocycles. The van der Waals surface area contributed by atoms with Crippen LogP contribution >= 0.6 is 0 Å². The lowest BCUT2D eigenvalue weighted by atomic mass is 10.0. The minimum Gasteiger partial charge on any atom is -0.494 e. The van der Waals surface area contributed by atoms with Crippen molar-refractivity contribution in [2.45, 2.75) is 12.5 Å². The van der Waals surface area contributed by atoms with E-state index in [0.29, 0.717) is 13.0 Å². The molecule has 0 aliphatic rings. The Balaban J connectivity index is 2.85. The third-order valence-electron chi connectivity index (χ3n) is 2.08. The molecule has 0 unspecified atom stereocenters. The first kappa shape index (κ1) is 10.9. The Morgan fingerprint density at radius 1 is 1.50 bits per heavy atom. The molecule has 0 aliphatic heterocycles. The van der Waals surface area contributed by atoms with Crippen molar-refractivity contribution >= 4 is 0 Å². The van der Waals surface area contributed by atoms with Crippen molar-refractivity contribution in [3.8, 4) is 5.75 Å². The van der Waals surface area contributed by atoms with Gasteiger partial charge in [-0.2, -0.15) is 0 Å². The second-order valence-corrected chi connectivity index (χ2v) is 3.08. The van der Waals surface area contributed by atoms with Crippen LogP contribution in [-0.4, -0.2) is 13.7 Å². The fourth-order valence-electron chi connectivity index (χ4n) is 1.26. The van der Waals surface area contributed by atoms with Crippen LogP contribution in [0.5, 0.6) is 5.75 Å². The molecule has 1 aromatic rings. The first-order chi connectivity index (χ1) is 6.69. The first-order valence-corrected chi connectivity index (χ1v) is 4.48. The monoisotopic (exact) mass is 198 g/mol. The summed E-state index contributed by atoms with van der Waals surface area (Å²) < 4.78 is 18.0. The lowest BCUT2D eigenvalue weighted by Gasteiger charge is -2.11. The Bertz CT molecular complexity index is 304.